The van der Waals surface area contributed by atoms with Crippen LogP contribution in [0.15, 0.2) is 82.0 Å². The van der Waals surface area contributed by atoms with Gasteiger partial charge in [0.25, 0.3) is 0 Å². The van der Waals surface area contributed by atoms with E-state index in [2.05, 4.69) is 10.3 Å². The first-order valence-electron chi connectivity index (χ1n) is 11.0. The van der Waals surface area contributed by atoms with Gasteiger partial charge in [0.1, 0.15) is 5.82 Å². The maximum absolute atomic E-state index is 13.1. The summed E-state index contributed by atoms with van der Waals surface area (Å²) in [5, 5.41) is 5.50. The van der Waals surface area contributed by atoms with E-state index in [-0.39, 0.29) is 24.2 Å². The number of aliphatic imine (C=N–C) groups is 1. The Balaban J connectivity index is 1.57. The molecule has 1 N–H and O–H groups in total. The molecule has 2 aromatic carbocycles. The van der Waals surface area contributed by atoms with Crippen molar-refractivity contribution in [3.05, 3.63) is 93.9 Å². The summed E-state index contributed by atoms with van der Waals surface area (Å²) in [7, 11) is 0. The summed E-state index contributed by atoms with van der Waals surface area (Å²) in [6.07, 6.45) is -0.156. The van der Waals surface area contributed by atoms with Gasteiger partial charge in [-0.3, -0.25) is 4.79 Å². The smallest absolute Gasteiger partial charge is 0.338 e. The van der Waals surface area contributed by atoms with E-state index in [1.165, 1.54) is 23.9 Å². The van der Waals surface area contributed by atoms with Crippen molar-refractivity contribution in [2.24, 2.45) is 4.99 Å². The highest BCUT2D eigenvalue weighted by atomic mass is 32.2. The lowest BCUT2D eigenvalue weighted by Gasteiger charge is -2.36. The number of rotatable bonds is 7. The van der Waals surface area contributed by atoms with E-state index in [1.54, 1.807) is 12.1 Å². The standard InChI is InChI=1S/C26H26FN3O3S/c1-16(2)33-25(32)23-17(3)29-26-30(24(23)19-7-5-4-6-8-19)21(15-34-26)13-22(31)28-14-18-9-11-20(27)12-10-18/h4-12,15-16,24H,13-14H2,1-3H3,(H,28,31). The fraction of sp³-hybridized carbons (Fsp3) is 0.269. The second kappa shape index (κ2) is 10.3. The SMILES string of the molecule is CC1=C(C(=O)OC(C)C)C(c2ccccc2)N2C(CC(=O)NCc3ccc(F)cc3)=CSC2=N1. The molecule has 0 saturated heterocycles. The molecule has 6 nitrogen and oxygen atoms in total. The predicted octanol–water partition coefficient (Wildman–Crippen LogP) is 5.06. The number of fused-ring (bicyclic) bond motifs is 1. The number of halogens is 1. The number of allylic oxidation sites excluding steroid dienone is 1. The van der Waals surface area contributed by atoms with Gasteiger partial charge in [-0.15, -0.1) is 0 Å². The monoisotopic (exact) mass is 479 g/mol. The zero-order valence-electron chi connectivity index (χ0n) is 19.2. The van der Waals surface area contributed by atoms with Crippen LogP contribution in [0.3, 0.4) is 0 Å². The summed E-state index contributed by atoms with van der Waals surface area (Å²) in [5.74, 6) is -0.912. The fourth-order valence-electron chi connectivity index (χ4n) is 3.89. The second-order valence-electron chi connectivity index (χ2n) is 8.34. The molecule has 34 heavy (non-hydrogen) atoms. The van der Waals surface area contributed by atoms with E-state index in [9.17, 15) is 14.0 Å². The molecular weight excluding hydrogens is 453 g/mol. The van der Waals surface area contributed by atoms with E-state index < -0.39 is 12.0 Å². The minimum atomic E-state index is -0.453. The van der Waals surface area contributed by atoms with E-state index in [0.29, 0.717) is 23.0 Å². The Bertz CT molecular complexity index is 1170. The Morgan fingerprint density at radius 1 is 1.15 bits per heavy atom. The number of esters is 1. The van der Waals surface area contributed by atoms with E-state index >= 15 is 0 Å². The number of thioether (sulfide) groups is 1. The van der Waals surface area contributed by atoms with Gasteiger partial charge < -0.3 is 15.0 Å². The van der Waals surface area contributed by atoms with Crippen molar-refractivity contribution in [2.45, 2.75) is 45.9 Å². The van der Waals surface area contributed by atoms with Gasteiger partial charge in [-0.1, -0.05) is 54.2 Å². The zero-order valence-corrected chi connectivity index (χ0v) is 20.1. The molecule has 1 atom stereocenters. The predicted molar refractivity (Wildman–Crippen MR) is 131 cm³/mol. The van der Waals surface area contributed by atoms with Gasteiger partial charge in [0.2, 0.25) is 5.91 Å². The summed E-state index contributed by atoms with van der Waals surface area (Å²) >= 11 is 1.43. The molecule has 0 bridgehead atoms. The third kappa shape index (κ3) is 5.22. The van der Waals surface area contributed by atoms with E-state index in [1.807, 2.05) is 61.4 Å². The highest BCUT2D eigenvalue weighted by molar-refractivity contribution is 8.16. The van der Waals surface area contributed by atoms with Crippen molar-refractivity contribution in [1.82, 2.24) is 10.2 Å². The molecule has 8 heteroatoms. The van der Waals surface area contributed by atoms with Crippen LogP contribution in [0, 0.1) is 5.82 Å². The quantitative estimate of drug-likeness (QED) is 0.562. The third-order valence-electron chi connectivity index (χ3n) is 5.42. The number of carbonyl (C=O) groups excluding carboxylic acids is 2. The van der Waals surface area contributed by atoms with E-state index in [4.69, 9.17) is 4.74 Å². The Labute approximate surface area is 202 Å². The summed E-state index contributed by atoms with van der Waals surface area (Å²) < 4.78 is 18.7. The second-order valence-corrected chi connectivity index (χ2v) is 9.17. The Morgan fingerprint density at radius 3 is 2.53 bits per heavy atom. The maximum atomic E-state index is 13.1. The topological polar surface area (TPSA) is 71.0 Å². The molecule has 0 radical (unpaired) electrons. The van der Waals surface area contributed by atoms with Gasteiger partial charge >= 0.3 is 5.97 Å². The first-order valence-corrected chi connectivity index (χ1v) is 11.9. The summed E-state index contributed by atoms with van der Waals surface area (Å²) in [6.45, 7) is 5.73. The average Bonchev–Trinajstić information content (AvgIpc) is 3.19. The largest absolute Gasteiger partial charge is 0.459 e. The van der Waals surface area contributed by atoms with Crippen molar-refractivity contribution >= 4 is 28.8 Å². The lowest BCUT2D eigenvalue weighted by molar-refractivity contribution is -0.143. The van der Waals surface area contributed by atoms with Crippen LogP contribution in [0.4, 0.5) is 4.39 Å². The average molecular weight is 480 g/mol. The van der Waals surface area contributed by atoms with Crippen LogP contribution in [0.25, 0.3) is 0 Å². The molecule has 2 heterocycles. The van der Waals surface area contributed by atoms with Gasteiger partial charge in [0.05, 0.1) is 29.8 Å². The highest BCUT2D eigenvalue weighted by Gasteiger charge is 2.41. The number of carbonyl (C=O) groups is 2. The molecule has 0 fully saturated rings. The van der Waals surface area contributed by atoms with Crippen molar-refractivity contribution in [3.8, 4) is 0 Å². The third-order valence-corrected chi connectivity index (χ3v) is 6.31. The van der Waals surface area contributed by atoms with E-state index in [0.717, 1.165) is 16.8 Å². The lowest BCUT2D eigenvalue weighted by atomic mass is 9.94. The maximum Gasteiger partial charge on any atom is 0.338 e. The Morgan fingerprint density at radius 2 is 1.85 bits per heavy atom. The van der Waals surface area contributed by atoms with Crippen molar-refractivity contribution in [3.63, 3.8) is 0 Å². The molecule has 0 aliphatic carbocycles. The number of nitrogens with zero attached hydrogens (tertiary/aromatic N) is 2. The first kappa shape index (κ1) is 23.8. The molecule has 1 unspecified atom stereocenters. The van der Waals surface area contributed by atoms with Gasteiger partial charge in [0.15, 0.2) is 5.17 Å². The fourth-order valence-corrected chi connectivity index (χ4v) is 4.85. The molecule has 176 valence electrons. The number of nitrogens with one attached hydrogen (secondary N) is 1. The van der Waals surface area contributed by atoms with Gasteiger partial charge in [0, 0.05) is 12.2 Å². The molecule has 0 spiro atoms. The normalized spacial score (nSPS) is 17.3. The van der Waals surface area contributed by atoms with Gasteiger partial charge in [-0.25, -0.2) is 14.2 Å². The van der Waals surface area contributed by atoms with Crippen LogP contribution in [-0.2, 0) is 20.9 Å². The number of amidine groups is 1. The van der Waals surface area contributed by atoms with Crippen LogP contribution >= 0.6 is 11.8 Å². The minimum Gasteiger partial charge on any atom is -0.459 e. The Hall–Kier alpha value is -3.39. The van der Waals surface area contributed by atoms with Crippen LogP contribution < -0.4 is 5.32 Å². The van der Waals surface area contributed by atoms with Crippen molar-refractivity contribution in [1.29, 1.82) is 0 Å². The highest BCUT2D eigenvalue weighted by Crippen LogP contribution is 2.44. The number of amides is 1. The molecule has 0 aromatic heterocycles. The molecular formula is C26H26FN3O3S. The molecule has 1 amide bonds. The van der Waals surface area contributed by atoms with Gasteiger partial charge in [-0.2, -0.15) is 0 Å². The number of ether oxygens (including phenoxy) is 1. The molecule has 0 saturated carbocycles. The minimum absolute atomic E-state index is 0.113. The van der Waals surface area contributed by atoms with Gasteiger partial charge in [-0.05, 0) is 49.4 Å². The van der Waals surface area contributed by atoms with Crippen LogP contribution in [0.2, 0.25) is 0 Å². The first-order chi connectivity index (χ1) is 16.3. The number of benzene rings is 2. The zero-order chi connectivity index (χ0) is 24.2. The molecule has 4 rings (SSSR count). The number of hydrogen-bond acceptors (Lipinski definition) is 6. The van der Waals surface area contributed by atoms with Crippen LogP contribution in [0.1, 0.15) is 44.4 Å². The van der Waals surface area contributed by atoms with Crippen molar-refractivity contribution in [2.75, 3.05) is 0 Å². The van der Waals surface area contributed by atoms with Crippen molar-refractivity contribution < 1.29 is 18.7 Å². The summed E-state index contributed by atoms with van der Waals surface area (Å²) in [4.78, 5) is 32.5. The summed E-state index contributed by atoms with van der Waals surface area (Å²) in [6, 6.07) is 15.2. The van der Waals surface area contributed by atoms with Crippen LogP contribution in [-0.4, -0.2) is 28.0 Å². The number of hydrogen-bond donors (Lipinski definition) is 1. The van der Waals surface area contributed by atoms with Crippen LogP contribution in [0.5, 0.6) is 0 Å². The molecule has 2 aliphatic rings. The lowest BCUT2D eigenvalue weighted by Crippen LogP contribution is -2.38. The molecule has 2 aliphatic heterocycles. The summed E-state index contributed by atoms with van der Waals surface area (Å²) in [5.41, 5.74) is 3.53. The Kier molecular flexibility index (Phi) is 7.17. The molecule has 2 aromatic rings.